The summed E-state index contributed by atoms with van der Waals surface area (Å²) in [6, 6.07) is 3.08. The molecule has 0 unspecified atom stereocenters. The third-order valence-electron chi connectivity index (χ3n) is 2.89. The average Bonchev–Trinajstić information content (AvgIpc) is 2.26. The minimum Gasteiger partial charge on any atom is -0.307 e. The number of nitrogens with one attached hydrogen (secondary N) is 2. The highest BCUT2D eigenvalue weighted by atomic mass is 32.2. The number of nitrogen functional groups attached to an aromatic ring is 1. The number of sulfonamides is 1. The van der Waals surface area contributed by atoms with Crippen molar-refractivity contribution < 1.29 is 8.42 Å². The molecule has 0 saturated heterocycles. The molecule has 0 spiro atoms. The van der Waals surface area contributed by atoms with Gasteiger partial charge in [-0.25, -0.2) is 24.0 Å². The molecule has 0 aliphatic heterocycles. The van der Waals surface area contributed by atoms with Gasteiger partial charge in [0.2, 0.25) is 10.0 Å². The summed E-state index contributed by atoms with van der Waals surface area (Å²) in [7, 11) is -3.54. The van der Waals surface area contributed by atoms with Gasteiger partial charge in [-0.2, -0.15) is 0 Å². The number of anilines is 1. The van der Waals surface area contributed by atoms with E-state index in [2.05, 4.69) is 22.1 Å². The van der Waals surface area contributed by atoms with Crippen LogP contribution in [0.25, 0.3) is 0 Å². The van der Waals surface area contributed by atoms with Gasteiger partial charge in [-0.1, -0.05) is 6.92 Å². The molecule has 17 heavy (non-hydrogen) atoms. The Hall–Kier alpha value is -1.18. The normalized spacial score (nSPS) is 24.1. The lowest BCUT2D eigenvalue weighted by atomic mass is 9.83. The average molecular weight is 256 g/mol. The van der Waals surface area contributed by atoms with E-state index in [1.54, 1.807) is 6.07 Å². The number of pyridine rings is 1. The van der Waals surface area contributed by atoms with E-state index in [-0.39, 0.29) is 16.8 Å². The van der Waals surface area contributed by atoms with E-state index < -0.39 is 10.0 Å². The lowest BCUT2D eigenvalue weighted by Gasteiger charge is -2.32. The Kier molecular flexibility index (Phi) is 3.32. The Morgan fingerprint density at radius 3 is 2.76 bits per heavy atom. The van der Waals surface area contributed by atoms with Crippen LogP contribution in [0.5, 0.6) is 0 Å². The van der Waals surface area contributed by atoms with Gasteiger partial charge in [-0.05, 0) is 30.9 Å². The molecule has 1 aliphatic carbocycles. The molecule has 0 amide bonds. The molecule has 1 saturated carbocycles. The largest absolute Gasteiger partial charge is 0.307 e. The third kappa shape index (κ3) is 2.56. The molecule has 7 heteroatoms. The number of aromatic nitrogens is 1. The van der Waals surface area contributed by atoms with Crippen LogP contribution in [0.2, 0.25) is 0 Å². The Morgan fingerprint density at radius 1 is 1.47 bits per heavy atom. The first-order valence-electron chi connectivity index (χ1n) is 5.47. The number of rotatable bonds is 4. The fourth-order valence-corrected chi connectivity index (χ4v) is 3.38. The first-order valence-corrected chi connectivity index (χ1v) is 6.95. The van der Waals surface area contributed by atoms with Gasteiger partial charge in [0.25, 0.3) is 0 Å². The summed E-state index contributed by atoms with van der Waals surface area (Å²) in [4.78, 5) is 3.96. The van der Waals surface area contributed by atoms with Crippen molar-refractivity contribution in [1.82, 2.24) is 9.71 Å². The fourth-order valence-electron chi connectivity index (χ4n) is 2.00. The fraction of sp³-hybridized carbons (Fsp3) is 0.500. The van der Waals surface area contributed by atoms with E-state index in [9.17, 15) is 8.42 Å². The maximum Gasteiger partial charge on any atom is 0.244 e. The Labute approximate surface area is 101 Å². The zero-order chi connectivity index (χ0) is 12.5. The predicted octanol–water partition coefficient (Wildman–Crippen LogP) is 0.444. The molecule has 6 nitrogen and oxygen atoms in total. The molecule has 0 radical (unpaired) electrons. The van der Waals surface area contributed by atoms with Gasteiger partial charge in [0.15, 0.2) is 5.82 Å². The third-order valence-corrected chi connectivity index (χ3v) is 4.44. The molecule has 94 valence electrons. The Balaban J connectivity index is 2.19. The molecule has 0 aromatic carbocycles. The van der Waals surface area contributed by atoms with E-state index in [4.69, 9.17) is 5.84 Å². The summed E-state index contributed by atoms with van der Waals surface area (Å²) in [6.45, 7) is 2.10. The van der Waals surface area contributed by atoms with Crippen LogP contribution in [0.3, 0.4) is 0 Å². The highest BCUT2D eigenvalue weighted by Gasteiger charge is 2.30. The zero-order valence-electron chi connectivity index (χ0n) is 9.55. The van der Waals surface area contributed by atoms with Gasteiger partial charge < -0.3 is 5.43 Å². The van der Waals surface area contributed by atoms with Crippen LogP contribution in [-0.4, -0.2) is 19.4 Å². The van der Waals surface area contributed by atoms with Crippen molar-refractivity contribution in [2.75, 3.05) is 5.43 Å². The summed E-state index contributed by atoms with van der Waals surface area (Å²) in [5.41, 5.74) is 2.29. The first kappa shape index (κ1) is 12.3. The maximum atomic E-state index is 12.1. The summed E-state index contributed by atoms with van der Waals surface area (Å²) in [6.07, 6.45) is 3.25. The first-order chi connectivity index (χ1) is 8.03. The van der Waals surface area contributed by atoms with Crippen molar-refractivity contribution in [2.45, 2.75) is 30.7 Å². The van der Waals surface area contributed by atoms with E-state index in [0.717, 1.165) is 12.8 Å². The van der Waals surface area contributed by atoms with Crippen molar-refractivity contribution >= 4 is 15.8 Å². The SMILES string of the molecule is CC1CC(NS(=O)(=O)c2cccnc2NN)C1. The van der Waals surface area contributed by atoms with Gasteiger partial charge in [0.1, 0.15) is 4.90 Å². The summed E-state index contributed by atoms with van der Waals surface area (Å²) in [5.74, 6) is 5.99. The Morgan fingerprint density at radius 2 is 2.18 bits per heavy atom. The molecule has 1 heterocycles. The quantitative estimate of drug-likeness (QED) is 0.536. The van der Waals surface area contributed by atoms with Crippen LogP contribution in [0.15, 0.2) is 23.2 Å². The van der Waals surface area contributed by atoms with Gasteiger partial charge in [0, 0.05) is 12.2 Å². The highest BCUT2D eigenvalue weighted by molar-refractivity contribution is 7.89. The van der Waals surface area contributed by atoms with Crippen LogP contribution in [0.1, 0.15) is 19.8 Å². The van der Waals surface area contributed by atoms with Gasteiger partial charge in [-0.15, -0.1) is 0 Å². The van der Waals surface area contributed by atoms with Crippen LogP contribution < -0.4 is 16.0 Å². The molecular weight excluding hydrogens is 240 g/mol. The number of nitrogens with zero attached hydrogens (tertiary/aromatic N) is 1. The summed E-state index contributed by atoms with van der Waals surface area (Å²) >= 11 is 0. The van der Waals surface area contributed by atoms with Crippen molar-refractivity contribution in [3.63, 3.8) is 0 Å². The molecule has 1 aliphatic rings. The second-order valence-electron chi connectivity index (χ2n) is 4.39. The van der Waals surface area contributed by atoms with Crippen molar-refractivity contribution in [3.05, 3.63) is 18.3 Å². The van der Waals surface area contributed by atoms with Crippen LogP contribution >= 0.6 is 0 Å². The van der Waals surface area contributed by atoms with E-state index in [1.807, 2.05) is 0 Å². The van der Waals surface area contributed by atoms with Crippen LogP contribution in [0.4, 0.5) is 5.82 Å². The summed E-state index contributed by atoms with van der Waals surface area (Å²) < 4.78 is 26.8. The molecule has 2 rings (SSSR count). The molecule has 0 bridgehead atoms. The molecule has 1 aromatic heterocycles. The van der Waals surface area contributed by atoms with E-state index in [0.29, 0.717) is 5.92 Å². The zero-order valence-corrected chi connectivity index (χ0v) is 10.4. The lowest BCUT2D eigenvalue weighted by Crippen LogP contribution is -2.43. The number of hydrogen-bond donors (Lipinski definition) is 3. The molecular formula is C10H16N4O2S. The monoisotopic (exact) mass is 256 g/mol. The molecule has 1 aromatic rings. The maximum absolute atomic E-state index is 12.1. The van der Waals surface area contributed by atoms with Crippen LogP contribution in [0, 0.1) is 5.92 Å². The number of nitrogens with two attached hydrogens (primary N) is 1. The van der Waals surface area contributed by atoms with Crippen molar-refractivity contribution in [2.24, 2.45) is 11.8 Å². The highest BCUT2D eigenvalue weighted by Crippen LogP contribution is 2.28. The lowest BCUT2D eigenvalue weighted by molar-refractivity contribution is 0.270. The Bertz CT molecular complexity index is 497. The smallest absolute Gasteiger partial charge is 0.244 e. The van der Waals surface area contributed by atoms with Gasteiger partial charge in [0.05, 0.1) is 0 Å². The van der Waals surface area contributed by atoms with E-state index in [1.165, 1.54) is 12.3 Å². The molecule has 0 atom stereocenters. The second kappa shape index (κ2) is 4.59. The van der Waals surface area contributed by atoms with Crippen molar-refractivity contribution in [3.8, 4) is 0 Å². The number of hydrogen-bond acceptors (Lipinski definition) is 5. The second-order valence-corrected chi connectivity index (χ2v) is 6.07. The van der Waals surface area contributed by atoms with Crippen LogP contribution in [-0.2, 0) is 10.0 Å². The van der Waals surface area contributed by atoms with Crippen molar-refractivity contribution in [1.29, 1.82) is 0 Å². The minimum atomic E-state index is -3.54. The van der Waals surface area contributed by atoms with E-state index >= 15 is 0 Å². The van der Waals surface area contributed by atoms with Gasteiger partial charge >= 0.3 is 0 Å². The molecule has 4 N–H and O–H groups in total. The standard InChI is InChI=1S/C10H16N4O2S/c1-7-5-8(6-7)14-17(15,16)9-3-2-4-12-10(9)13-11/h2-4,7-8,14H,5-6,11H2,1H3,(H,12,13). The number of hydrazine groups is 1. The summed E-state index contributed by atoms with van der Waals surface area (Å²) in [5, 5.41) is 0. The minimum absolute atomic E-state index is 0.0285. The van der Waals surface area contributed by atoms with Gasteiger partial charge in [-0.3, -0.25) is 0 Å². The predicted molar refractivity (Wildman–Crippen MR) is 64.6 cm³/mol. The molecule has 1 fully saturated rings. The topological polar surface area (TPSA) is 97.1 Å².